The third-order valence-electron chi connectivity index (χ3n) is 5.19. The Kier molecular flexibility index (Phi) is 7.29. The highest BCUT2D eigenvalue weighted by Gasteiger charge is 2.23. The van der Waals surface area contributed by atoms with Crippen LogP contribution in [0.25, 0.3) is 10.9 Å². The van der Waals surface area contributed by atoms with Crippen molar-refractivity contribution >= 4 is 52.0 Å². The number of halogens is 2. The van der Waals surface area contributed by atoms with E-state index in [1.807, 2.05) is 0 Å². The van der Waals surface area contributed by atoms with Crippen molar-refractivity contribution in [2.24, 2.45) is 0 Å². The van der Waals surface area contributed by atoms with Crippen molar-refractivity contribution in [3.63, 3.8) is 0 Å². The second-order valence-electron chi connectivity index (χ2n) is 7.61. The molecule has 3 aromatic carbocycles. The van der Waals surface area contributed by atoms with Gasteiger partial charge in [-0.05, 0) is 60.2 Å². The normalized spacial score (nSPS) is 11.6. The van der Waals surface area contributed by atoms with Gasteiger partial charge in [0, 0.05) is 33.5 Å². The number of carboxylic acids is 1. The number of carbonyl (C=O) groups excluding carboxylic acids is 2. The topological polar surface area (TPSA) is 106 Å². The number of carboxylic acid groups (broad SMARTS) is 1. The molecule has 0 saturated carbocycles. The van der Waals surface area contributed by atoms with Gasteiger partial charge < -0.3 is 15.2 Å². The molecular formula is C26H18Cl2N2O5. The number of carbonyl (C=O) groups is 3. The molecule has 0 aliphatic heterocycles. The number of ether oxygens (including phenoxy) is 1. The van der Waals surface area contributed by atoms with Gasteiger partial charge in [-0.3, -0.25) is 4.79 Å². The fourth-order valence-electron chi connectivity index (χ4n) is 3.44. The van der Waals surface area contributed by atoms with E-state index in [4.69, 9.17) is 27.9 Å². The average Bonchev–Trinajstić information content (AvgIpc) is 2.84. The van der Waals surface area contributed by atoms with Gasteiger partial charge in [0.1, 0.15) is 6.04 Å². The van der Waals surface area contributed by atoms with Gasteiger partial charge in [0.15, 0.2) is 0 Å². The van der Waals surface area contributed by atoms with Gasteiger partial charge in [0.25, 0.3) is 5.91 Å². The van der Waals surface area contributed by atoms with Crippen molar-refractivity contribution in [1.82, 2.24) is 10.3 Å². The number of pyridine rings is 1. The van der Waals surface area contributed by atoms with Crippen LogP contribution in [0.1, 0.15) is 26.3 Å². The Labute approximate surface area is 210 Å². The lowest BCUT2D eigenvalue weighted by molar-refractivity contribution is -0.139. The Hall–Kier alpha value is -3.94. The molecule has 0 saturated heterocycles. The van der Waals surface area contributed by atoms with Crippen LogP contribution in [0.3, 0.4) is 0 Å². The van der Waals surface area contributed by atoms with Crippen LogP contribution in [-0.4, -0.2) is 34.0 Å². The van der Waals surface area contributed by atoms with Crippen LogP contribution < -0.4 is 10.1 Å². The fourth-order valence-corrected chi connectivity index (χ4v) is 3.70. The molecule has 0 spiro atoms. The molecule has 0 aliphatic carbocycles. The monoisotopic (exact) mass is 508 g/mol. The minimum atomic E-state index is -1.25. The van der Waals surface area contributed by atoms with Gasteiger partial charge in [0.05, 0.1) is 11.1 Å². The lowest BCUT2D eigenvalue weighted by Gasteiger charge is -2.17. The Morgan fingerprint density at radius 1 is 0.886 bits per heavy atom. The van der Waals surface area contributed by atoms with Crippen molar-refractivity contribution < 1.29 is 24.2 Å². The van der Waals surface area contributed by atoms with E-state index in [9.17, 15) is 19.5 Å². The third-order valence-corrected chi connectivity index (χ3v) is 5.69. The summed E-state index contributed by atoms with van der Waals surface area (Å²) in [4.78, 5) is 41.5. The highest BCUT2D eigenvalue weighted by Crippen LogP contribution is 2.24. The summed E-state index contributed by atoms with van der Waals surface area (Å²) in [5, 5.41) is 13.9. The van der Waals surface area contributed by atoms with Crippen molar-refractivity contribution in [1.29, 1.82) is 0 Å². The molecule has 1 heterocycles. The fraction of sp³-hybridized carbons (Fsp3) is 0.0769. The first-order valence-corrected chi connectivity index (χ1v) is 11.2. The van der Waals surface area contributed by atoms with E-state index >= 15 is 0 Å². The maximum Gasteiger partial charge on any atom is 0.344 e. The summed E-state index contributed by atoms with van der Waals surface area (Å²) < 4.78 is 5.45. The third kappa shape index (κ3) is 5.95. The van der Waals surface area contributed by atoms with Crippen LogP contribution >= 0.6 is 23.2 Å². The molecule has 35 heavy (non-hydrogen) atoms. The quantitative estimate of drug-likeness (QED) is 0.333. The van der Waals surface area contributed by atoms with Gasteiger partial charge in [0.2, 0.25) is 5.88 Å². The molecule has 2 N–H and O–H groups in total. The Balaban J connectivity index is 1.61. The Bertz CT molecular complexity index is 1410. The Morgan fingerprint density at radius 3 is 2.11 bits per heavy atom. The van der Waals surface area contributed by atoms with E-state index < -0.39 is 23.9 Å². The number of esters is 1. The molecule has 1 amide bonds. The van der Waals surface area contributed by atoms with Crippen LogP contribution in [0.2, 0.25) is 10.0 Å². The van der Waals surface area contributed by atoms with Gasteiger partial charge >= 0.3 is 11.9 Å². The average molecular weight is 509 g/mol. The lowest BCUT2D eigenvalue weighted by Crippen LogP contribution is -2.42. The number of hydrogen-bond acceptors (Lipinski definition) is 5. The van der Waals surface area contributed by atoms with E-state index in [-0.39, 0.29) is 23.4 Å². The molecule has 0 radical (unpaired) electrons. The first kappa shape index (κ1) is 24.2. The van der Waals surface area contributed by atoms with Crippen LogP contribution in [0.4, 0.5) is 0 Å². The summed E-state index contributed by atoms with van der Waals surface area (Å²) in [5.41, 5.74) is 1.61. The molecule has 1 aromatic heterocycles. The van der Waals surface area contributed by atoms with E-state index in [1.165, 1.54) is 30.3 Å². The van der Waals surface area contributed by atoms with Crippen molar-refractivity contribution in [2.75, 3.05) is 0 Å². The standard InChI is InChI=1S/C26H18Cl2N2O5/c27-18-9-5-15(6-10-18)24(31)30-22(25(32)33)13-17-14-23(29-21-4-2-1-3-20(17)21)35-26(34)16-7-11-19(28)12-8-16/h1-12,14,22H,13H2,(H,30,31)(H,32,33). The molecule has 9 heteroatoms. The van der Waals surface area contributed by atoms with E-state index in [0.29, 0.717) is 26.5 Å². The van der Waals surface area contributed by atoms with E-state index in [2.05, 4.69) is 10.3 Å². The number of nitrogens with one attached hydrogen (secondary N) is 1. The zero-order valence-electron chi connectivity index (χ0n) is 18.1. The molecule has 0 fully saturated rings. The first-order chi connectivity index (χ1) is 16.8. The largest absolute Gasteiger partial charge is 0.480 e. The molecule has 0 bridgehead atoms. The summed E-state index contributed by atoms with van der Waals surface area (Å²) in [6.07, 6.45) is -0.0663. The van der Waals surface area contributed by atoms with Crippen LogP contribution in [-0.2, 0) is 11.2 Å². The summed E-state index contributed by atoms with van der Waals surface area (Å²) in [7, 11) is 0. The summed E-state index contributed by atoms with van der Waals surface area (Å²) >= 11 is 11.7. The maximum atomic E-state index is 12.6. The molecular weight excluding hydrogens is 491 g/mol. The van der Waals surface area contributed by atoms with Gasteiger partial charge in [-0.2, -0.15) is 0 Å². The number of aromatic nitrogens is 1. The van der Waals surface area contributed by atoms with Gasteiger partial charge in [-0.1, -0.05) is 41.4 Å². The van der Waals surface area contributed by atoms with E-state index in [0.717, 1.165) is 0 Å². The second kappa shape index (κ2) is 10.5. The van der Waals surface area contributed by atoms with Gasteiger partial charge in [-0.25, -0.2) is 14.6 Å². The number of para-hydroxylation sites is 1. The first-order valence-electron chi connectivity index (χ1n) is 10.5. The number of nitrogens with zero attached hydrogens (tertiary/aromatic N) is 1. The number of amides is 1. The molecule has 7 nitrogen and oxygen atoms in total. The molecule has 176 valence electrons. The number of hydrogen-bond donors (Lipinski definition) is 2. The van der Waals surface area contributed by atoms with Crippen LogP contribution in [0, 0.1) is 0 Å². The zero-order valence-corrected chi connectivity index (χ0v) is 19.6. The molecule has 0 aliphatic rings. The lowest BCUT2D eigenvalue weighted by atomic mass is 10.0. The number of benzene rings is 3. The van der Waals surface area contributed by atoms with Crippen molar-refractivity contribution in [3.05, 3.63) is 106 Å². The number of rotatable bonds is 7. The van der Waals surface area contributed by atoms with Crippen molar-refractivity contribution in [2.45, 2.75) is 12.5 Å². The molecule has 4 aromatic rings. The minimum absolute atomic E-state index is 0.00631. The smallest absolute Gasteiger partial charge is 0.344 e. The van der Waals surface area contributed by atoms with E-state index in [1.54, 1.807) is 48.5 Å². The predicted octanol–water partition coefficient (Wildman–Crippen LogP) is 5.19. The van der Waals surface area contributed by atoms with Crippen LogP contribution in [0.5, 0.6) is 5.88 Å². The summed E-state index contributed by atoms with van der Waals surface area (Å²) in [6, 6.07) is 19.6. The summed E-state index contributed by atoms with van der Waals surface area (Å²) in [5.74, 6) is -2.40. The maximum absolute atomic E-state index is 12.6. The number of fused-ring (bicyclic) bond motifs is 1. The van der Waals surface area contributed by atoms with Gasteiger partial charge in [-0.15, -0.1) is 0 Å². The Morgan fingerprint density at radius 2 is 1.49 bits per heavy atom. The summed E-state index contributed by atoms with van der Waals surface area (Å²) in [6.45, 7) is 0. The number of aliphatic carboxylic acids is 1. The zero-order chi connectivity index (χ0) is 24.9. The molecule has 1 atom stereocenters. The highest BCUT2D eigenvalue weighted by molar-refractivity contribution is 6.31. The molecule has 4 rings (SSSR count). The minimum Gasteiger partial charge on any atom is -0.480 e. The SMILES string of the molecule is O=C(NC(Cc1cc(OC(=O)c2ccc(Cl)cc2)nc2ccccc12)C(=O)O)c1ccc(Cl)cc1. The van der Waals surface area contributed by atoms with Crippen LogP contribution in [0.15, 0.2) is 78.9 Å². The molecule has 1 unspecified atom stereocenters. The predicted molar refractivity (Wildman–Crippen MR) is 132 cm³/mol. The second-order valence-corrected chi connectivity index (χ2v) is 8.48. The van der Waals surface area contributed by atoms with Crippen molar-refractivity contribution in [3.8, 4) is 5.88 Å². The highest BCUT2D eigenvalue weighted by atomic mass is 35.5.